The van der Waals surface area contributed by atoms with Crippen molar-refractivity contribution >= 4 is 14.2 Å². The van der Waals surface area contributed by atoms with Gasteiger partial charge in [0.05, 0.1) is 6.42 Å². The summed E-state index contributed by atoms with van der Waals surface area (Å²) in [6.45, 7) is 5.10. The molecule has 0 radical (unpaired) electrons. The highest BCUT2D eigenvalue weighted by Gasteiger charge is 2.19. The average molecular weight is 266 g/mol. The van der Waals surface area contributed by atoms with E-state index in [2.05, 4.69) is 23.4 Å². The van der Waals surface area contributed by atoms with Crippen LogP contribution in [-0.2, 0) is 15.6 Å². The molecular formula is C13H22N2O2Si. The van der Waals surface area contributed by atoms with Gasteiger partial charge < -0.3 is 9.74 Å². The largest absolute Gasteiger partial charge is 0.420 e. The summed E-state index contributed by atoms with van der Waals surface area (Å²) in [6, 6.07) is 4.79. The highest BCUT2D eigenvalue weighted by Crippen LogP contribution is 2.11. The van der Waals surface area contributed by atoms with Crippen LogP contribution in [0.2, 0.25) is 19.1 Å². The normalized spacial score (nSPS) is 11.3. The fraction of sp³-hybridized carbons (Fsp3) is 0.538. The lowest BCUT2D eigenvalue weighted by atomic mass is 10.2. The molecule has 1 aromatic heterocycles. The lowest BCUT2D eigenvalue weighted by molar-refractivity contribution is -0.120. The van der Waals surface area contributed by atoms with E-state index in [0.717, 1.165) is 24.6 Å². The van der Waals surface area contributed by atoms with Crippen molar-refractivity contribution in [1.82, 2.24) is 10.3 Å². The quantitative estimate of drug-likeness (QED) is 0.606. The summed E-state index contributed by atoms with van der Waals surface area (Å²) < 4.78 is 5.46. The summed E-state index contributed by atoms with van der Waals surface area (Å²) in [5.41, 5.74) is 0.995. The van der Waals surface area contributed by atoms with Crippen molar-refractivity contribution in [3.8, 4) is 0 Å². The molecule has 4 nitrogen and oxygen atoms in total. The van der Waals surface area contributed by atoms with Crippen LogP contribution in [0.3, 0.4) is 0 Å². The van der Waals surface area contributed by atoms with E-state index < -0.39 is 8.32 Å². The van der Waals surface area contributed by atoms with Crippen molar-refractivity contribution in [1.29, 1.82) is 0 Å². The van der Waals surface area contributed by atoms with Crippen LogP contribution in [0.25, 0.3) is 0 Å². The van der Waals surface area contributed by atoms with Crippen LogP contribution in [0.1, 0.15) is 12.0 Å². The van der Waals surface area contributed by atoms with E-state index in [1.807, 2.05) is 12.1 Å². The Bertz CT molecular complexity index is 369. The molecule has 0 atom stereocenters. The minimum Gasteiger partial charge on any atom is -0.420 e. The van der Waals surface area contributed by atoms with Gasteiger partial charge in [-0.1, -0.05) is 0 Å². The molecule has 0 saturated carbocycles. The summed E-state index contributed by atoms with van der Waals surface area (Å²) in [5, 5.41) is 2.94. The van der Waals surface area contributed by atoms with Crippen LogP contribution in [0.4, 0.5) is 0 Å². The zero-order chi connectivity index (χ0) is 13.4. The van der Waals surface area contributed by atoms with Crippen molar-refractivity contribution in [3.63, 3.8) is 0 Å². The second-order valence-corrected chi connectivity index (χ2v) is 9.38. The SMILES string of the molecule is CO[Si](C)(C)CCCNC(=O)Cc1ccncc1. The molecule has 0 unspecified atom stereocenters. The average Bonchev–Trinajstić information content (AvgIpc) is 2.36. The maximum atomic E-state index is 11.7. The van der Waals surface area contributed by atoms with Gasteiger partial charge in [0.25, 0.3) is 0 Å². The van der Waals surface area contributed by atoms with Crippen molar-refractivity contribution in [3.05, 3.63) is 30.1 Å². The van der Waals surface area contributed by atoms with Crippen LogP contribution in [0.15, 0.2) is 24.5 Å². The zero-order valence-electron chi connectivity index (χ0n) is 11.4. The van der Waals surface area contributed by atoms with E-state index in [0.29, 0.717) is 6.42 Å². The van der Waals surface area contributed by atoms with E-state index in [-0.39, 0.29) is 5.91 Å². The van der Waals surface area contributed by atoms with E-state index in [4.69, 9.17) is 4.43 Å². The van der Waals surface area contributed by atoms with Crippen LogP contribution in [0.5, 0.6) is 0 Å². The molecule has 1 amide bonds. The van der Waals surface area contributed by atoms with Gasteiger partial charge in [-0.2, -0.15) is 0 Å². The first-order chi connectivity index (χ1) is 8.53. The molecule has 0 bridgehead atoms. The highest BCUT2D eigenvalue weighted by molar-refractivity contribution is 6.71. The Balaban J connectivity index is 2.18. The molecular weight excluding hydrogens is 244 g/mol. The van der Waals surface area contributed by atoms with E-state index in [1.54, 1.807) is 19.5 Å². The summed E-state index contributed by atoms with van der Waals surface area (Å²) in [7, 11) is 0.289. The molecule has 100 valence electrons. The predicted octanol–water partition coefficient (Wildman–Crippen LogP) is 1.98. The summed E-state index contributed by atoms with van der Waals surface area (Å²) in [6.07, 6.45) is 4.81. The molecule has 1 aromatic rings. The van der Waals surface area contributed by atoms with Gasteiger partial charge in [-0.25, -0.2) is 0 Å². The van der Waals surface area contributed by atoms with Gasteiger partial charge >= 0.3 is 0 Å². The number of hydrogen-bond donors (Lipinski definition) is 1. The van der Waals surface area contributed by atoms with Gasteiger partial charge in [0.15, 0.2) is 8.32 Å². The number of carbonyl (C=O) groups excluding carboxylic acids is 1. The molecule has 0 aliphatic carbocycles. The highest BCUT2D eigenvalue weighted by atomic mass is 28.4. The molecule has 1 N–H and O–H groups in total. The Morgan fingerprint density at radius 2 is 2.06 bits per heavy atom. The van der Waals surface area contributed by atoms with Crippen molar-refractivity contribution in [2.75, 3.05) is 13.7 Å². The molecule has 5 heteroatoms. The second-order valence-electron chi connectivity index (χ2n) is 4.95. The van der Waals surface area contributed by atoms with Crippen LogP contribution in [0, 0.1) is 0 Å². The number of carbonyl (C=O) groups is 1. The number of rotatable bonds is 7. The van der Waals surface area contributed by atoms with Gasteiger partial charge in [0.1, 0.15) is 0 Å². The lowest BCUT2D eigenvalue weighted by Crippen LogP contribution is -2.31. The third kappa shape index (κ3) is 5.93. The number of aromatic nitrogens is 1. The molecule has 1 heterocycles. The number of hydrogen-bond acceptors (Lipinski definition) is 3. The fourth-order valence-corrected chi connectivity index (χ4v) is 2.82. The van der Waals surface area contributed by atoms with E-state index >= 15 is 0 Å². The molecule has 0 spiro atoms. The van der Waals surface area contributed by atoms with Crippen molar-refractivity contribution in [2.24, 2.45) is 0 Å². The maximum absolute atomic E-state index is 11.7. The first-order valence-corrected chi connectivity index (χ1v) is 9.36. The van der Waals surface area contributed by atoms with Crippen LogP contribution in [-0.4, -0.2) is 32.9 Å². The molecule has 0 aromatic carbocycles. The van der Waals surface area contributed by atoms with Gasteiger partial charge in [-0.15, -0.1) is 0 Å². The zero-order valence-corrected chi connectivity index (χ0v) is 12.4. The first-order valence-electron chi connectivity index (χ1n) is 6.24. The lowest BCUT2D eigenvalue weighted by Gasteiger charge is -2.19. The predicted molar refractivity (Wildman–Crippen MR) is 74.9 cm³/mol. The van der Waals surface area contributed by atoms with Gasteiger partial charge in [-0.3, -0.25) is 9.78 Å². The van der Waals surface area contributed by atoms with E-state index in [1.165, 1.54) is 0 Å². The standard InChI is InChI=1S/C13H22N2O2Si/c1-17-18(2,3)10-4-7-15-13(16)11-12-5-8-14-9-6-12/h5-6,8-9H,4,7,10-11H2,1-3H3,(H,15,16). The van der Waals surface area contributed by atoms with Crippen molar-refractivity contribution < 1.29 is 9.22 Å². The number of pyridine rings is 1. The monoisotopic (exact) mass is 266 g/mol. The summed E-state index contributed by atoms with van der Waals surface area (Å²) in [4.78, 5) is 15.6. The Morgan fingerprint density at radius 1 is 1.39 bits per heavy atom. The third-order valence-corrected chi connectivity index (χ3v) is 5.61. The Hall–Kier alpha value is -1.20. The number of nitrogens with one attached hydrogen (secondary N) is 1. The molecule has 0 fully saturated rings. The summed E-state index contributed by atoms with van der Waals surface area (Å²) in [5.74, 6) is 0.0677. The minimum absolute atomic E-state index is 0.0677. The first kappa shape index (κ1) is 14.9. The molecule has 0 aliphatic heterocycles. The summed E-state index contributed by atoms with van der Waals surface area (Å²) >= 11 is 0. The second kappa shape index (κ2) is 7.28. The Labute approximate surface area is 110 Å². The van der Waals surface area contributed by atoms with Gasteiger partial charge in [-0.05, 0) is 43.3 Å². The molecule has 1 rings (SSSR count). The number of amides is 1. The van der Waals surface area contributed by atoms with Crippen LogP contribution < -0.4 is 5.32 Å². The maximum Gasteiger partial charge on any atom is 0.224 e. The third-order valence-electron chi connectivity index (χ3n) is 2.94. The molecule has 0 aliphatic rings. The number of nitrogens with zero attached hydrogens (tertiary/aromatic N) is 1. The smallest absolute Gasteiger partial charge is 0.224 e. The Morgan fingerprint density at radius 3 is 2.67 bits per heavy atom. The van der Waals surface area contributed by atoms with Crippen molar-refractivity contribution in [2.45, 2.75) is 32.0 Å². The molecule has 0 saturated heterocycles. The fourth-order valence-electron chi connectivity index (χ4n) is 1.59. The van der Waals surface area contributed by atoms with Gasteiger partial charge in [0.2, 0.25) is 5.91 Å². The van der Waals surface area contributed by atoms with Crippen LogP contribution >= 0.6 is 0 Å². The topological polar surface area (TPSA) is 51.2 Å². The Kier molecular flexibility index (Phi) is 6.01. The van der Waals surface area contributed by atoms with Gasteiger partial charge in [0, 0.05) is 26.0 Å². The molecule has 18 heavy (non-hydrogen) atoms. The minimum atomic E-state index is -1.48. The van der Waals surface area contributed by atoms with E-state index in [9.17, 15) is 4.79 Å².